The van der Waals surface area contributed by atoms with E-state index >= 15 is 0 Å². The fourth-order valence-electron chi connectivity index (χ4n) is 2.42. The minimum Gasteiger partial charge on any atom is -0.491 e. The van der Waals surface area contributed by atoms with Gasteiger partial charge in [0.2, 0.25) is 0 Å². The first-order chi connectivity index (χ1) is 10.1. The normalized spacial score (nSPS) is 16.4. The second-order valence-corrected chi connectivity index (χ2v) is 6.77. The van der Waals surface area contributed by atoms with Crippen molar-refractivity contribution in [2.45, 2.75) is 20.3 Å². The number of hydrogen-bond donors (Lipinski definition) is 1. The van der Waals surface area contributed by atoms with Crippen LogP contribution in [0.1, 0.15) is 19.4 Å². The van der Waals surface area contributed by atoms with E-state index < -0.39 is 0 Å². The van der Waals surface area contributed by atoms with Crippen molar-refractivity contribution in [3.05, 3.63) is 27.7 Å². The third-order valence-electron chi connectivity index (χ3n) is 3.55. The Bertz CT molecular complexity index is 460. The number of nitrogens with one attached hydrogen (secondary N) is 1. The van der Waals surface area contributed by atoms with Gasteiger partial charge < -0.3 is 15.0 Å². The molecular weight excluding hydrogens is 307 g/mol. The number of benzene rings is 1. The first kappa shape index (κ1) is 16.9. The van der Waals surface area contributed by atoms with E-state index in [1.807, 2.05) is 6.07 Å². The predicted molar refractivity (Wildman–Crippen MR) is 89.8 cm³/mol. The zero-order valence-electron chi connectivity index (χ0n) is 12.8. The third-order valence-corrected chi connectivity index (χ3v) is 4.05. The maximum atomic E-state index is 6.31. The predicted octanol–water partition coefficient (Wildman–Crippen LogP) is 3.48. The molecule has 0 aliphatic carbocycles. The lowest BCUT2D eigenvalue weighted by atomic mass is 10.1. The van der Waals surface area contributed by atoms with Crippen molar-refractivity contribution in [1.82, 2.24) is 10.2 Å². The zero-order valence-corrected chi connectivity index (χ0v) is 14.3. The zero-order chi connectivity index (χ0) is 15.2. The molecule has 118 valence electrons. The van der Waals surface area contributed by atoms with E-state index in [-0.39, 0.29) is 0 Å². The molecule has 1 aromatic carbocycles. The van der Waals surface area contributed by atoms with Crippen LogP contribution < -0.4 is 10.1 Å². The van der Waals surface area contributed by atoms with Gasteiger partial charge in [0.05, 0.1) is 11.6 Å². The van der Waals surface area contributed by atoms with Gasteiger partial charge >= 0.3 is 0 Å². The summed E-state index contributed by atoms with van der Waals surface area (Å²) in [4.78, 5) is 2.46. The Morgan fingerprint density at radius 1 is 1.24 bits per heavy atom. The molecular formula is C16H24Cl2N2O. The molecule has 21 heavy (non-hydrogen) atoms. The van der Waals surface area contributed by atoms with Gasteiger partial charge in [0.25, 0.3) is 0 Å². The molecule has 1 fully saturated rings. The monoisotopic (exact) mass is 330 g/mol. The van der Waals surface area contributed by atoms with Crippen molar-refractivity contribution < 1.29 is 4.74 Å². The Labute approximate surface area is 137 Å². The van der Waals surface area contributed by atoms with Crippen LogP contribution in [0.4, 0.5) is 0 Å². The smallest absolute Gasteiger partial charge is 0.141 e. The molecule has 0 spiro atoms. The molecule has 1 saturated heterocycles. The van der Waals surface area contributed by atoms with Gasteiger partial charge in [-0.25, -0.2) is 0 Å². The number of hydrogen-bond acceptors (Lipinski definition) is 3. The number of ether oxygens (including phenoxy) is 1. The molecule has 0 radical (unpaired) electrons. The molecule has 0 bridgehead atoms. The van der Waals surface area contributed by atoms with Crippen LogP contribution in [-0.2, 0) is 6.42 Å². The van der Waals surface area contributed by atoms with Crippen LogP contribution in [0.15, 0.2) is 12.1 Å². The molecule has 1 aliphatic rings. The largest absolute Gasteiger partial charge is 0.491 e. The van der Waals surface area contributed by atoms with Crippen LogP contribution in [0, 0.1) is 5.92 Å². The number of nitrogens with zero attached hydrogens (tertiary/aromatic N) is 1. The van der Waals surface area contributed by atoms with Crippen LogP contribution >= 0.6 is 23.2 Å². The molecule has 5 heteroatoms. The Morgan fingerprint density at radius 3 is 2.62 bits per heavy atom. The molecule has 1 aromatic rings. The molecule has 0 saturated carbocycles. The average molecular weight is 331 g/mol. The lowest BCUT2D eigenvalue weighted by Crippen LogP contribution is -2.44. The molecule has 0 amide bonds. The molecule has 3 nitrogen and oxygen atoms in total. The highest BCUT2D eigenvalue weighted by molar-refractivity contribution is 6.35. The summed E-state index contributed by atoms with van der Waals surface area (Å²) in [6, 6.07) is 3.73. The second-order valence-electron chi connectivity index (χ2n) is 5.92. The van der Waals surface area contributed by atoms with Crippen molar-refractivity contribution in [3.8, 4) is 5.75 Å². The Balaban J connectivity index is 2.04. The van der Waals surface area contributed by atoms with E-state index in [0.29, 0.717) is 22.6 Å². The molecule has 2 rings (SSSR count). The summed E-state index contributed by atoms with van der Waals surface area (Å²) >= 11 is 12.4. The summed E-state index contributed by atoms with van der Waals surface area (Å²) < 4.78 is 5.90. The summed E-state index contributed by atoms with van der Waals surface area (Å²) in [6.45, 7) is 10.2. The average Bonchev–Trinajstić information content (AvgIpc) is 2.44. The van der Waals surface area contributed by atoms with Crippen LogP contribution in [0.5, 0.6) is 5.75 Å². The SMILES string of the molecule is CC(C)COc1c(Cl)cc(Cl)cc1CCN1CCNCC1. The fourth-order valence-corrected chi connectivity index (χ4v) is 3.01. The van der Waals surface area contributed by atoms with E-state index in [9.17, 15) is 0 Å². The summed E-state index contributed by atoms with van der Waals surface area (Å²) in [7, 11) is 0. The van der Waals surface area contributed by atoms with Gasteiger partial charge in [0.1, 0.15) is 5.75 Å². The van der Waals surface area contributed by atoms with E-state index in [0.717, 1.165) is 50.5 Å². The fraction of sp³-hybridized carbons (Fsp3) is 0.625. The van der Waals surface area contributed by atoms with Crippen molar-refractivity contribution in [3.63, 3.8) is 0 Å². The molecule has 0 aromatic heterocycles. The maximum Gasteiger partial charge on any atom is 0.141 e. The molecule has 1 N–H and O–H groups in total. The van der Waals surface area contributed by atoms with Crippen LogP contribution in [0.2, 0.25) is 10.0 Å². The molecule has 1 heterocycles. The summed E-state index contributed by atoms with van der Waals surface area (Å²) in [5.74, 6) is 1.27. The summed E-state index contributed by atoms with van der Waals surface area (Å²) in [5, 5.41) is 4.65. The van der Waals surface area contributed by atoms with Gasteiger partial charge in [-0.2, -0.15) is 0 Å². The van der Waals surface area contributed by atoms with Gasteiger partial charge in [-0.3, -0.25) is 0 Å². The van der Waals surface area contributed by atoms with Crippen molar-refractivity contribution in [2.24, 2.45) is 5.92 Å². The van der Waals surface area contributed by atoms with Gasteiger partial charge in [-0.1, -0.05) is 37.0 Å². The van der Waals surface area contributed by atoms with Gasteiger partial charge in [0.15, 0.2) is 0 Å². The molecule has 1 aliphatic heterocycles. The van der Waals surface area contributed by atoms with E-state index in [1.165, 1.54) is 0 Å². The summed E-state index contributed by atoms with van der Waals surface area (Å²) in [6.07, 6.45) is 0.910. The first-order valence-electron chi connectivity index (χ1n) is 7.60. The first-order valence-corrected chi connectivity index (χ1v) is 8.35. The van der Waals surface area contributed by atoms with Crippen LogP contribution in [-0.4, -0.2) is 44.2 Å². The standard InChI is InChI=1S/C16H24Cl2N2O/c1-12(2)11-21-16-13(9-14(17)10-15(16)18)3-6-20-7-4-19-5-8-20/h9-10,12,19H,3-8,11H2,1-2H3. The highest BCUT2D eigenvalue weighted by atomic mass is 35.5. The van der Waals surface area contributed by atoms with E-state index in [4.69, 9.17) is 27.9 Å². The number of halogens is 2. The minimum atomic E-state index is 0.470. The maximum absolute atomic E-state index is 6.31. The number of rotatable bonds is 6. The quantitative estimate of drug-likeness (QED) is 0.864. The van der Waals surface area contributed by atoms with Crippen molar-refractivity contribution >= 4 is 23.2 Å². The lowest BCUT2D eigenvalue weighted by Gasteiger charge is -2.27. The second kappa shape index (κ2) is 8.23. The van der Waals surface area contributed by atoms with Gasteiger partial charge in [0, 0.05) is 37.7 Å². The minimum absolute atomic E-state index is 0.470. The Morgan fingerprint density at radius 2 is 1.95 bits per heavy atom. The van der Waals surface area contributed by atoms with Gasteiger partial charge in [-0.15, -0.1) is 0 Å². The van der Waals surface area contributed by atoms with Gasteiger partial charge in [-0.05, 0) is 30.0 Å². The van der Waals surface area contributed by atoms with Crippen molar-refractivity contribution in [1.29, 1.82) is 0 Å². The number of piperazine rings is 1. The highest BCUT2D eigenvalue weighted by Gasteiger charge is 2.14. The van der Waals surface area contributed by atoms with Crippen molar-refractivity contribution in [2.75, 3.05) is 39.3 Å². The van der Waals surface area contributed by atoms with E-state index in [2.05, 4.69) is 24.1 Å². The third kappa shape index (κ3) is 5.33. The van der Waals surface area contributed by atoms with Crippen LogP contribution in [0.3, 0.4) is 0 Å². The summed E-state index contributed by atoms with van der Waals surface area (Å²) in [5.41, 5.74) is 1.10. The van der Waals surface area contributed by atoms with Crippen LogP contribution in [0.25, 0.3) is 0 Å². The molecule has 0 atom stereocenters. The Kier molecular flexibility index (Phi) is 6.62. The topological polar surface area (TPSA) is 24.5 Å². The molecule has 0 unspecified atom stereocenters. The lowest BCUT2D eigenvalue weighted by molar-refractivity contribution is 0.240. The van der Waals surface area contributed by atoms with E-state index in [1.54, 1.807) is 6.07 Å². The highest BCUT2D eigenvalue weighted by Crippen LogP contribution is 2.33. The Hall–Kier alpha value is -0.480.